The van der Waals surface area contributed by atoms with Crippen molar-refractivity contribution in [2.45, 2.75) is 57.4 Å². The first-order valence-electron chi connectivity index (χ1n) is 7.66. The lowest BCUT2D eigenvalue weighted by Crippen LogP contribution is -2.31. The Kier molecular flexibility index (Phi) is 3.99. The standard InChI is InChI=1S/C15H25N3/c1-2-6-15(7-3-1)18-10-8-14(17-18)11-13-5-4-9-16-12-13/h8,10,13,15-16H,1-7,9,11-12H2. The van der Waals surface area contributed by atoms with Crippen molar-refractivity contribution >= 4 is 0 Å². The molecule has 1 saturated heterocycles. The number of piperidine rings is 1. The summed E-state index contributed by atoms with van der Waals surface area (Å²) in [5, 5.41) is 8.31. The lowest BCUT2D eigenvalue weighted by Gasteiger charge is -2.23. The van der Waals surface area contributed by atoms with Gasteiger partial charge >= 0.3 is 0 Å². The van der Waals surface area contributed by atoms with Crippen LogP contribution < -0.4 is 5.32 Å². The van der Waals surface area contributed by atoms with Crippen LogP contribution in [0.2, 0.25) is 0 Å². The molecule has 0 radical (unpaired) electrons. The third kappa shape index (κ3) is 2.94. The fourth-order valence-electron chi connectivity index (χ4n) is 3.43. The van der Waals surface area contributed by atoms with Crippen LogP contribution in [0.5, 0.6) is 0 Å². The molecule has 100 valence electrons. The highest BCUT2D eigenvalue weighted by Gasteiger charge is 2.18. The van der Waals surface area contributed by atoms with Gasteiger partial charge in [-0.25, -0.2) is 0 Å². The Morgan fingerprint density at radius 1 is 1.17 bits per heavy atom. The number of nitrogens with one attached hydrogen (secondary N) is 1. The zero-order valence-electron chi connectivity index (χ0n) is 11.3. The zero-order chi connectivity index (χ0) is 12.2. The Balaban J connectivity index is 1.58. The van der Waals surface area contributed by atoms with E-state index in [-0.39, 0.29) is 0 Å². The second-order valence-electron chi connectivity index (χ2n) is 6.00. The van der Waals surface area contributed by atoms with E-state index < -0.39 is 0 Å². The van der Waals surface area contributed by atoms with Crippen LogP contribution >= 0.6 is 0 Å². The third-order valence-electron chi connectivity index (χ3n) is 4.51. The molecule has 1 aliphatic carbocycles. The molecule has 0 aromatic carbocycles. The number of hydrogen-bond acceptors (Lipinski definition) is 2. The molecule has 3 rings (SSSR count). The second-order valence-corrected chi connectivity index (χ2v) is 6.00. The highest BCUT2D eigenvalue weighted by atomic mass is 15.3. The normalized spacial score (nSPS) is 26.3. The highest BCUT2D eigenvalue weighted by molar-refractivity contribution is 5.02. The van der Waals surface area contributed by atoms with Crippen LogP contribution in [-0.2, 0) is 6.42 Å². The Bertz CT molecular complexity index is 360. The quantitative estimate of drug-likeness (QED) is 0.890. The maximum atomic E-state index is 4.82. The van der Waals surface area contributed by atoms with Crippen molar-refractivity contribution in [3.63, 3.8) is 0 Å². The summed E-state index contributed by atoms with van der Waals surface area (Å²) in [4.78, 5) is 0. The topological polar surface area (TPSA) is 29.9 Å². The van der Waals surface area contributed by atoms with Crippen molar-refractivity contribution in [3.05, 3.63) is 18.0 Å². The molecule has 3 heteroatoms. The van der Waals surface area contributed by atoms with E-state index in [1.807, 2.05) is 0 Å². The van der Waals surface area contributed by atoms with Gasteiger partial charge in [0.05, 0.1) is 11.7 Å². The van der Waals surface area contributed by atoms with Crippen molar-refractivity contribution in [3.8, 4) is 0 Å². The van der Waals surface area contributed by atoms with Gasteiger partial charge in [-0.1, -0.05) is 19.3 Å². The molecule has 1 atom stereocenters. The summed E-state index contributed by atoms with van der Waals surface area (Å²) in [5.74, 6) is 0.799. The van der Waals surface area contributed by atoms with Crippen LogP contribution in [0.3, 0.4) is 0 Å². The molecule has 0 bridgehead atoms. The van der Waals surface area contributed by atoms with Crippen molar-refractivity contribution in [1.82, 2.24) is 15.1 Å². The Morgan fingerprint density at radius 2 is 2.06 bits per heavy atom. The fourth-order valence-corrected chi connectivity index (χ4v) is 3.43. The Labute approximate surface area is 110 Å². The van der Waals surface area contributed by atoms with Gasteiger partial charge in [-0.3, -0.25) is 4.68 Å². The monoisotopic (exact) mass is 247 g/mol. The fraction of sp³-hybridized carbons (Fsp3) is 0.800. The molecule has 0 amide bonds. The van der Waals surface area contributed by atoms with Gasteiger partial charge in [0.1, 0.15) is 0 Å². The number of hydrogen-bond donors (Lipinski definition) is 1. The predicted molar refractivity (Wildman–Crippen MR) is 73.6 cm³/mol. The van der Waals surface area contributed by atoms with Crippen LogP contribution in [0.4, 0.5) is 0 Å². The molecule has 2 aliphatic rings. The lowest BCUT2D eigenvalue weighted by molar-refractivity contribution is 0.324. The van der Waals surface area contributed by atoms with E-state index in [1.165, 1.54) is 63.7 Å². The van der Waals surface area contributed by atoms with Gasteiger partial charge in [-0.15, -0.1) is 0 Å². The van der Waals surface area contributed by atoms with E-state index in [9.17, 15) is 0 Å². The SMILES string of the molecule is c1cn(C2CCCCC2)nc1CC1CCCNC1. The minimum absolute atomic E-state index is 0.678. The van der Waals surface area contributed by atoms with Gasteiger partial charge in [-0.2, -0.15) is 5.10 Å². The molecule has 18 heavy (non-hydrogen) atoms. The van der Waals surface area contributed by atoms with Gasteiger partial charge in [-0.05, 0) is 57.2 Å². The largest absolute Gasteiger partial charge is 0.316 e. The van der Waals surface area contributed by atoms with Crippen LogP contribution in [-0.4, -0.2) is 22.9 Å². The lowest BCUT2D eigenvalue weighted by atomic mass is 9.95. The summed E-state index contributed by atoms with van der Waals surface area (Å²) in [6, 6.07) is 2.92. The van der Waals surface area contributed by atoms with Gasteiger partial charge in [0.25, 0.3) is 0 Å². The van der Waals surface area contributed by atoms with Gasteiger partial charge in [0.2, 0.25) is 0 Å². The van der Waals surface area contributed by atoms with Crippen molar-refractivity contribution < 1.29 is 0 Å². The van der Waals surface area contributed by atoms with Crippen LogP contribution in [0.25, 0.3) is 0 Å². The molecule has 1 aliphatic heterocycles. The minimum Gasteiger partial charge on any atom is -0.316 e. The average molecular weight is 247 g/mol. The first kappa shape index (κ1) is 12.2. The molecule has 1 N–H and O–H groups in total. The molecule has 1 unspecified atom stereocenters. The van der Waals surface area contributed by atoms with E-state index in [2.05, 4.69) is 22.3 Å². The van der Waals surface area contributed by atoms with Gasteiger partial charge in [0.15, 0.2) is 0 Å². The van der Waals surface area contributed by atoms with Crippen molar-refractivity contribution in [2.75, 3.05) is 13.1 Å². The van der Waals surface area contributed by atoms with Crippen molar-refractivity contribution in [2.24, 2.45) is 5.92 Å². The van der Waals surface area contributed by atoms with Gasteiger partial charge < -0.3 is 5.32 Å². The number of nitrogens with zero attached hydrogens (tertiary/aromatic N) is 2. The first-order valence-corrected chi connectivity index (χ1v) is 7.66. The Hall–Kier alpha value is -0.830. The van der Waals surface area contributed by atoms with E-state index in [0.717, 1.165) is 12.3 Å². The first-order chi connectivity index (χ1) is 8.92. The molecule has 0 spiro atoms. The smallest absolute Gasteiger partial charge is 0.0627 e. The molecule has 3 nitrogen and oxygen atoms in total. The Morgan fingerprint density at radius 3 is 2.83 bits per heavy atom. The maximum absolute atomic E-state index is 4.82. The van der Waals surface area contributed by atoms with Gasteiger partial charge in [0, 0.05) is 6.20 Å². The van der Waals surface area contributed by atoms with Crippen molar-refractivity contribution in [1.29, 1.82) is 0 Å². The molecule has 1 saturated carbocycles. The van der Waals surface area contributed by atoms with E-state index in [0.29, 0.717) is 6.04 Å². The molecular weight excluding hydrogens is 222 g/mol. The molecular formula is C15H25N3. The van der Waals surface area contributed by atoms with E-state index in [1.54, 1.807) is 0 Å². The number of aromatic nitrogens is 2. The average Bonchev–Trinajstić information content (AvgIpc) is 2.89. The zero-order valence-corrected chi connectivity index (χ0v) is 11.3. The number of rotatable bonds is 3. The predicted octanol–water partition coefficient (Wildman–Crippen LogP) is 2.93. The summed E-state index contributed by atoms with van der Waals surface area (Å²) in [5.41, 5.74) is 1.30. The summed E-state index contributed by atoms with van der Waals surface area (Å²) in [6.45, 7) is 2.38. The maximum Gasteiger partial charge on any atom is 0.0627 e. The molecule has 1 aromatic rings. The summed E-state index contributed by atoms with van der Waals surface area (Å²) in [6.07, 6.45) is 12.9. The summed E-state index contributed by atoms with van der Waals surface area (Å²) < 4.78 is 2.24. The van der Waals surface area contributed by atoms with Crippen LogP contribution in [0.15, 0.2) is 12.3 Å². The van der Waals surface area contributed by atoms with E-state index in [4.69, 9.17) is 5.10 Å². The van der Waals surface area contributed by atoms with Crippen LogP contribution in [0.1, 0.15) is 56.7 Å². The summed E-state index contributed by atoms with van der Waals surface area (Å²) >= 11 is 0. The molecule has 1 aromatic heterocycles. The second kappa shape index (κ2) is 5.87. The third-order valence-corrected chi connectivity index (χ3v) is 4.51. The minimum atomic E-state index is 0.678. The molecule has 2 fully saturated rings. The highest BCUT2D eigenvalue weighted by Crippen LogP contribution is 2.27. The summed E-state index contributed by atoms with van der Waals surface area (Å²) in [7, 11) is 0. The molecule has 2 heterocycles. The van der Waals surface area contributed by atoms with E-state index >= 15 is 0 Å². The van der Waals surface area contributed by atoms with Crippen LogP contribution in [0, 0.1) is 5.92 Å².